The van der Waals surface area contributed by atoms with Crippen molar-refractivity contribution in [2.24, 2.45) is 5.92 Å². The van der Waals surface area contributed by atoms with E-state index in [1.54, 1.807) is 30.3 Å². The van der Waals surface area contributed by atoms with E-state index in [9.17, 15) is 32.3 Å². The van der Waals surface area contributed by atoms with E-state index in [-0.39, 0.29) is 36.5 Å². The summed E-state index contributed by atoms with van der Waals surface area (Å²) in [5, 5.41) is 10.9. The molecule has 18 heteroatoms. The number of hydrogen-bond acceptors (Lipinski definition) is 9. The number of anilines is 2. The van der Waals surface area contributed by atoms with E-state index in [1.165, 1.54) is 18.1 Å². The number of fused-ring (bicyclic) bond motifs is 1. The predicted molar refractivity (Wildman–Crippen MR) is 228 cm³/mol. The first kappa shape index (κ1) is 43.4. The van der Waals surface area contributed by atoms with Gasteiger partial charge in [0.1, 0.15) is 17.1 Å². The number of likely N-dealkylation sites (tertiary alicyclic amines) is 2. The van der Waals surface area contributed by atoms with Crippen molar-refractivity contribution in [1.82, 2.24) is 34.8 Å². The number of halogens is 4. The van der Waals surface area contributed by atoms with Crippen LogP contribution in [0.3, 0.4) is 0 Å². The Morgan fingerprint density at radius 3 is 2.37 bits per heavy atom. The van der Waals surface area contributed by atoms with Gasteiger partial charge in [0.25, 0.3) is 11.8 Å². The average Bonchev–Trinajstić information content (AvgIpc) is 3.69. The van der Waals surface area contributed by atoms with Gasteiger partial charge in [-0.3, -0.25) is 29.3 Å². The Morgan fingerprint density at radius 1 is 0.935 bits per heavy atom. The van der Waals surface area contributed by atoms with Crippen LogP contribution >= 0.6 is 11.6 Å². The SMILES string of the molecule is COc1cc2nn([C@H]3CC[C@H](CN(C)C4CCN(C5CCN(C(=O)c6ccc(Cl)c(N7CCC(=O)NC7=O)c6)CC5)CC4)CC3)cc2cc1NC(=O)c1cccc(C(F)(F)F)n1. The van der Waals surface area contributed by atoms with Crippen molar-refractivity contribution in [2.75, 3.05) is 63.6 Å². The number of amides is 5. The molecule has 1 aliphatic carbocycles. The molecule has 14 nitrogen and oxygen atoms in total. The van der Waals surface area contributed by atoms with Gasteiger partial charge in [-0.15, -0.1) is 0 Å². The Kier molecular flexibility index (Phi) is 12.8. The number of hydrogen-bond donors (Lipinski definition) is 2. The van der Waals surface area contributed by atoms with Crippen LogP contribution in [0, 0.1) is 5.92 Å². The number of nitrogens with zero attached hydrogens (tertiary/aromatic N) is 7. The fourth-order valence-corrected chi connectivity index (χ4v) is 9.75. The molecule has 3 saturated heterocycles. The van der Waals surface area contributed by atoms with E-state index in [1.807, 2.05) is 15.8 Å². The Morgan fingerprint density at radius 2 is 1.68 bits per heavy atom. The minimum Gasteiger partial charge on any atom is -0.494 e. The molecule has 4 aromatic rings. The maximum absolute atomic E-state index is 13.5. The van der Waals surface area contributed by atoms with Crippen molar-refractivity contribution in [2.45, 2.75) is 82.1 Å². The van der Waals surface area contributed by atoms with E-state index in [4.69, 9.17) is 21.4 Å². The van der Waals surface area contributed by atoms with Crippen LogP contribution in [0.4, 0.5) is 29.3 Å². The lowest BCUT2D eigenvalue weighted by atomic mass is 9.85. The van der Waals surface area contributed by atoms with Crippen LogP contribution in [0.2, 0.25) is 5.02 Å². The third-order valence-electron chi connectivity index (χ3n) is 13.0. The number of imide groups is 1. The van der Waals surface area contributed by atoms with Crippen molar-refractivity contribution in [3.8, 4) is 5.75 Å². The molecule has 0 radical (unpaired) electrons. The summed E-state index contributed by atoms with van der Waals surface area (Å²) >= 11 is 6.41. The average molecular weight is 878 g/mol. The van der Waals surface area contributed by atoms with Crippen LogP contribution in [-0.2, 0) is 11.0 Å². The number of carbonyl (C=O) groups is 4. The van der Waals surface area contributed by atoms with Gasteiger partial charge in [-0.05, 0) is 114 Å². The summed E-state index contributed by atoms with van der Waals surface area (Å²) in [5.74, 6) is -0.259. The molecule has 5 amide bonds. The molecule has 2 aromatic heterocycles. The highest BCUT2D eigenvalue weighted by Crippen LogP contribution is 2.37. The Hall–Kier alpha value is -5.26. The lowest BCUT2D eigenvalue weighted by Gasteiger charge is -2.44. The normalized spacial score (nSPS) is 21.1. The number of rotatable bonds is 10. The molecule has 2 aromatic carbocycles. The smallest absolute Gasteiger partial charge is 0.433 e. The quantitative estimate of drug-likeness (QED) is 0.169. The number of piperidine rings is 2. The first-order chi connectivity index (χ1) is 29.7. The highest BCUT2D eigenvalue weighted by Gasteiger charge is 2.35. The molecule has 2 N–H and O–H groups in total. The maximum atomic E-state index is 13.5. The predicted octanol–water partition coefficient (Wildman–Crippen LogP) is 7.24. The zero-order chi connectivity index (χ0) is 43.7. The summed E-state index contributed by atoms with van der Waals surface area (Å²) in [4.78, 5) is 62.5. The molecule has 0 bridgehead atoms. The fraction of sp³-hybridized carbons (Fsp3) is 0.500. The van der Waals surface area contributed by atoms with E-state index >= 15 is 0 Å². The zero-order valence-electron chi connectivity index (χ0n) is 34.8. The number of benzene rings is 2. The van der Waals surface area contributed by atoms with E-state index < -0.39 is 23.8 Å². The highest BCUT2D eigenvalue weighted by atomic mass is 35.5. The van der Waals surface area contributed by atoms with Gasteiger partial charge >= 0.3 is 12.2 Å². The van der Waals surface area contributed by atoms with E-state index in [2.05, 4.69) is 32.5 Å². The fourth-order valence-electron chi connectivity index (χ4n) is 9.53. The van der Waals surface area contributed by atoms with Crippen molar-refractivity contribution in [3.05, 3.63) is 76.7 Å². The van der Waals surface area contributed by atoms with Gasteiger partial charge in [-0.25, -0.2) is 9.78 Å². The molecule has 0 spiro atoms. The third kappa shape index (κ3) is 9.54. The molecule has 330 valence electrons. The van der Waals surface area contributed by atoms with Gasteiger partial charge < -0.3 is 24.8 Å². The molecule has 5 heterocycles. The standard InChI is InChI=1S/C44H51ClF3N9O5/c1-53(30-12-17-54(18-13-30)31-14-19-55(20-15-31)42(60)28-8-11-33(45)37(23-28)56-21-16-40(58)51-43(56)61)25-27-6-9-32(10-7-27)57-26-29-22-36(38(62-2)24-35(29)52-57)50-41(59)34-4-3-5-39(49-34)44(46,47)48/h3-5,8,11,22-24,26-27,30-32H,6-7,9-10,12-21,25H2,1-2H3,(H,50,59)(H,51,58,61)/t27-,32-. The third-order valence-corrected chi connectivity index (χ3v) is 13.3. The molecule has 0 atom stereocenters. The van der Waals surface area contributed by atoms with Crippen LogP contribution in [0.1, 0.15) is 90.4 Å². The van der Waals surface area contributed by atoms with Crippen molar-refractivity contribution >= 4 is 57.6 Å². The molecule has 4 fully saturated rings. The van der Waals surface area contributed by atoms with Crippen molar-refractivity contribution in [1.29, 1.82) is 0 Å². The van der Waals surface area contributed by atoms with Crippen LogP contribution in [-0.4, -0.2) is 119 Å². The van der Waals surface area contributed by atoms with Gasteiger partial charge in [-0.1, -0.05) is 17.7 Å². The number of methoxy groups -OCH3 is 1. The topological polar surface area (TPSA) is 145 Å². The van der Waals surface area contributed by atoms with E-state index in [0.29, 0.717) is 64.3 Å². The summed E-state index contributed by atoms with van der Waals surface area (Å²) in [7, 11) is 3.71. The van der Waals surface area contributed by atoms with Crippen LogP contribution in [0.25, 0.3) is 10.9 Å². The largest absolute Gasteiger partial charge is 0.494 e. The summed E-state index contributed by atoms with van der Waals surface area (Å²) < 4.78 is 47.1. The Balaban J connectivity index is 0.782. The lowest BCUT2D eigenvalue weighted by molar-refractivity contribution is -0.141. The lowest BCUT2D eigenvalue weighted by Crippen LogP contribution is -2.51. The number of nitrogens with one attached hydrogen (secondary N) is 2. The molecule has 3 aliphatic heterocycles. The van der Waals surface area contributed by atoms with Crippen molar-refractivity contribution < 1.29 is 37.1 Å². The number of ether oxygens (including phenoxy) is 1. The van der Waals surface area contributed by atoms with Gasteiger partial charge in [0.15, 0.2) is 0 Å². The van der Waals surface area contributed by atoms with Gasteiger partial charge in [0, 0.05) is 67.9 Å². The highest BCUT2D eigenvalue weighted by molar-refractivity contribution is 6.34. The number of urea groups is 1. The molecule has 0 unspecified atom stereocenters. The van der Waals surface area contributed by atoms with Crippen LogP contribution in [0.15, 0.2) is 54.7 Å². The van der Waals surface area contributed by atoms with Crippen LogP contribution in [0.5, 0.6) is 5.75 Å². The molecular formula is C44H51ClF3N9O5. The summed E-state index contributed by atoms with van der Waals surface area (Å²) in [6.07, 6.45) is 5.64. The van der Waals surface area contributed by atoms with Gasteiger partial charge in [-0.2, -0.15) is 18.3 Å². The molecule has 62 heavy (non-hydrogen) atoms. The minimum absolute atomic E-state index is 0.0841. The first-order valence-corrected chi connectivity index (χ1v) is 21.7. The van der Waals surface area contributed by atoms with Gasteiger partial charge in [0.2, 0.25) is 5.91 Å². The summed E-state index contributed by atoms with van der Waals surface area (Å²) in [5.41, 5.74) is 0.418. The zero-order valence-corrected chi connectivity index (χ0v) is 35.6. The summed E-state index contributed by atoms with van der Waals surface area (Å²) in [6, 6.07) is 12.3. The molecule has 8 rings (SSSR count). The Labute approximate surface area is 362 Å². The van der Waals surface area contributed by atoms with Crippen molar-refractivity contribution in [3.63, 3.8) is 0 Å². The molecular weight excluding hydrogens is 827 g/mol. The minimum atomic E-state index is -4.67. The monoisotopic (exact) mass is 877 g/mol. The second-order valence-electron chi connectivity index (χ2n) is 16.9. The molecule has 4 aliphatic rings. The van der Waals surface area contributed by atoms with Crippen LogP contribution < -0.4 is 20.3 Å². The number of pyridine rings is 1. The second-order valence-corrected chi connectivity index (χ2v) is 17.3. The maximum Gasteiger partial charge on any atom is 0.433 e. The number of aromatic nitrogens is 3. The first-order valence-electron chi connectivity index (χ1n) is 21.3. The second kappa shape index (κ2) is 18.2. The Bertz CT molecular complexity index is 2320. The number of alkyl halides is 3. The van der Waals surface area contributed by atoms with Gasteiger partial charge in [0.05, 0.1) is 35.1 Å². The summed E-state index contributed by atoms with van der Waals surface area (Å²) in [6.45, 7) is 4.65. The number of carbonyl (C=O) groups excluding carboxylic acids is 4. The van der Waals surface area contributed by atoms with E-state index in [0.717, 1.165) is 88.5 Å². The molecule has 1 saturated carbocycles.